The molecule has 0 amide bonds. The molecule has 0 unspecified atom stereocenters. The molecule has 0 radical (unpaired) electrons. The molecule has 94 valence electrons. The van der Waals surface area contributed by atoms with Gasteiger partial charge in [0.1, 0.15) is 17.4 Å². The highest BCUT2D eigenvalue weighted by atomic mass is 19.1. The second kappa shape index (κ2) is 5.55. The maximum atomic E-state index is 13.0. The van der Waals surface area contributed by atoms with Crippen molar-refractivity contribution in [2.24, 2.45) is 5.73 Å². The summed E-state index contributed by atoms with van der Waals surface area (Å²) in [4.78, 5) is 4.03. The zero-order valence-electron chi connectivity index (χ0n) is 9.57. The maximum Gasteiger partial charge on any atom is 0.222 e. The first-order valence-electron chi connectivity index (χ1n) is 5.47. The van der Waals surface area contributed by atoms with Crippen LogP contribution in [0.2, 0.25) is 0 Å². The van der Waals surface area contributed by atoms with E-state index >= 15 is 0 Å². The van der Waals surface area contributed by atoms with Gasteiger partial charge in [0.05, 0.1) is 0 Å². The molecule has 0 atom stereocenters. The van der Waals surface area contributed by atoms with Crippen molar-refractivity contribution < 1.29 is 13.5 Å². The van der Waals surface area contributed by atoms with Crippen LogP contribution in [0.15, 0.2) is 36.5 Å². The molecule has 1 aromatic heterocycles. The van der Waals surface area contributed by atoms with Gasteiger partial charge in [0.2, 0.25) is 5.88 Å². The molecule has 1 heterocycles. The Bertz CT molecular complexity index is 526. The fourth-order valence-electron chi connectivity index (χ4n) is 1.56. The highest BCUT2D eigenvalue weighted by Gasteiger charge is 2.07. The van der Waals surface area contributed by atoms with Gasteiger partial charge in [0, 0.05) is 30.0 Å². The lowest BCUT2D eigenvalue weighted by Gasteiger charge is -2.09. The summed E-state index contributed by atoms with van der Waals surface area (Å²) in [5.41, 5.74) is 6.26. The summed E-state index contributed by atoms with van der Waals surface area (Å²) in [5, 5.41) is 0. The fourth-order valence-corrected chi connectivity index (χ4v) is 1.56. The Kier molecular flexibility index (Phi) is 3.84. The summed E-state index contributed by atoms with van der Waals surface area (Å²) in [7, 11) is 0. The standard InChI is InChI=1S/C13H12F2N2O/c14-10-6-11(15)8-12(7-10)18-13-9(3-4-16)2-1-5-17-13/h1-2,5-8H,3-4,16H2. The number of aromatic nitrogens is 1. The van der Waals surface area contributed by atoms with E-state index in [-0.39, 0.29) is 5.75 Å². The second-order valence-electron chi connectivity index (χ2n) is 3.71. The normalized spacial score (nSPS) is 10.4. The van der Waals surface area contributed by atoms with Crippen LogP contribution >= 0.6 is 0 Å². The van der Waals surface area contributed by atoms with Gasteiger partial charge in [-0.25, -0.2) is 13.8 Å². The monoisotopic (exact) mass is 250 g/mol. The molecule has 0 aliphatic rings. The summed E-state index contributed by atoms with van der Waals surface area (Å²) < 4.78 is 31.4. The van der Waals surface area contributed by atoms with Gasteiger partial charge in [-0.05, 0) is 19.0 Å². The minimum atomic E-state index is -0.693. The molecular weight excluding hydrogens is 238 g/mol. The molecule has 5 heteroatoms. The summed E-state index contributed by atoms with van der Waals surface area (Å²) in [5.74, 6) is -1.000. The van der Waals surface area contributed by atoms with Crippen LogP contribution in [0.3, 0.4) is 0 Å². The van der Waals surface area contributed by atoms with E-state index < -0.39 is 11.6 Å². The van der Waals surface area contributed by atoms with Crippen molar-refractivity contribution in [3.8, 4) is 11.6 Å². The predicted molar refractivity (Wildman–Crippen MR) is 63.4 cm³/mol. The van der Waals surface area contributed by atoms with Gasteiger partial charge >= 0.3 is 0 Å². The Balaban J connectivity index is 2.27. The van der Waals surface area contributed by atoms with E-state index in [2.05, 4.69) is 4.98 Å². The minimum absolute atomic E-state index is 0.0736. The lowest BCUT2D eigenvalue weighted by atomic mass is 10.2. The van der Waals surface area contributed by atoms with Gasteiger partial charge < -0.3 is 10.5 Å². The fraction of sp³-hybridized carbons (Fsp3) is 0.154. The van der Waals surface area contributed by atoms with E-state index in [4.69, 9.17) is 10.5 Å². The number of nitrogens with two attached hydrogens (primary N) is 1. The molecule has 0 aliphatic carbocycles. The number of rotatable bonds is 4. The number of pyridine rings is 1. The molecule has 2 aromatic rings. The number of hydrogen-bond acceptors (Lipinski definition) is 3. The molecule has 1 aromatic carbocycles. The smallest absolute Gasteiger partial charge is 0.222 e. The lowest BCUT2D eigenvalue weighted by Crippen LogP contribution is -2.04. The van der Waals surface area contributed by atoms with Crippen LogP contribution in [0.25, 0.3) is 0 Å². The zero-order valence-corrected chi connectivity index (χ0v) is 9.57. The Morgan fingerprint density at radius 3 is 2.56 bits per heavy atom. The van der Waals surface area contributed by atoms with Crippen LogP contribution in [-0.4, -0.2) is 11.5 Å². The molecule has 0 fully saturated rings. The van der Waals surface area contributed by atoms with E-state index in [0.29, 0.717) is 18.8 Å². The first kappa shape index (κ1) is 12.4. The average Bonchev–Trinajstić information content (AvgIpc) is 2.30. The third-order valence-corrected chi connectivity index (χ3v) is 2.31. The second-order valence-corrected chi connectivity index (χ2v) is 3.71. The van der Waals surface area contributed by atoms with Gasteiger partial charge in [0.25, 0.3) is 0 Å². The van der Waals surface area contributed by atoms with E-state index in [1.165, 1.54) is 0 Å². The Hall–Kier alpha value is -2.01. The highest BCUT2D eigenvalue weighted by Crippen LogP contribution is 2.24. The quantitative estimate of drug-likeness (QED) is 0.907. The Labute approximate surface area is 103 Å². The zero-order chi connectivity index (χ0) is 13.0. The van der Waals surface area contributed by atoms with E-state index in [9.17, 15) is 8.78 Å². The van der Waals surface area contributed by atoms with Crippen LogP contribution in [0.1, 0.15) is 5.56 Å². The molecule has 0 spiro atoms. The van der Waals surface area contributed by atoms with Crippen molar-refractivity contribution in [1.29, 1.82) is 0 Å². The lowest BCUT2D eigenvalue weighted by molar-refractivity contribution is 0.445. The molecule has 0 aliphatic heterocycles. The average molecular weight is 250 g/mol. The largest absolute Gasteiger partial charge is 0.439 e. The SMILES string of the molecule is NCCc1cccnc1Oc1cc(F)cc(F)c1. The summed E-state index contributed by atoms with van der Waals surface area (Å²) in [6.45, 7) is 0.444. The van der Waals surface area contributed by atoms with E-state index in [1.54, 1.807) is 12.3 Å². The molecule has 0 bridgehead atoms. The van der Waals surface area contributed by atoms with Crippen LogP contribution in [-0.2, 0) is 6.42 Å². The van der Waals surface area contributed by atoms with E-state index in [1.807, 2.05) is 6.07 Å². The predicted octanol–water partition coefficient (Wildman–Crippen LogP) is 2.65. The molecule has 0 saturated heterocycles. The number of ether oxygens (including phenoxy) is 1. The maximum absolute atomic E-state index is 13.0. The van der Waals surface area contributed by atoms with E-state index in [0.717, 1.165) is 23.8 Å². The van der Waals surface area contributed by atoms with Crippen LogP contribution < -0.4 is 10.5 Å². The Morgan fingerprint density at radius 1 is 1.17 bits per heavy atom. The topological polar surface area (TPSA) is 48.1 Å². The van der Waals surface area contributed by atoms with Crippen molar-refractivity contribution in [3.05, 3.63) is 53.7 Å². The van der Waals surface area contributed by atoms with Crippen LogP contribution in [0, 0.1) is 11.6 Å². The third kappa shape index (κ3) is 3.01. The molecule has 2 rings (SSSR count). The number of nitrogens with zero attached hydrogens (tertiary/aromatic N) is 1. The highest BCUT2D eigenvalue weighted by molar-refractivity contribution is 5.33. The van der Waals surface area contributed by atoms with Gasteiger partial charge in [-0.1, -0.05) is 6.07 Å². The first-order valence-corrected chi connectivity index (χ1v) is 5.47. The molecule has 2 N–H and O–H groups in total. The van der Waals surface area contributed by atoms with Crippen LogP contribution in [0.5, 0.6) is 11.6 Å². The molecular formula is C13H12F2N2O. The number of hydrogen-bond donors (Lipinski definition) is 1. The van der Waals surface area contributed by atoms with Gasteiger partial charge in [0.15, 0.2) is 0 Å². The van der Waals surface area contributed by atoms with Crippen molar-refractivity contribution in [2.45, 2.75) is 6.42 Å². The van der Waals surface area contributed by atoms with Crippen molar-refractivity contribution >= 4 is 0 Å². The molecule has 3 nitrogen and oxygen atoms in total. The van der Waals surface area contributed by atoms with Gasteiger partial charge in [-0.3, -0.25) is 0 Å². The first-order chi connectivity index (χ1) is 8.69. The van der Waals surface area contributed by atoms with Gasteiger partial charge in [-0.2, -0.15) is 0 Å². The summed E-state index contributed by atoms with van der Waals surface area (Å²) in [6, 6.07) is 6.55. The number of halogens is 2. The van der Waals surface area contributed by atoms with Crippen molar-refractivity contribution in [2.75, 3.05) is 6.54 Å². The minimum Gasteiger partial charge on any atom is -0.439 e. The Morgan fingerprint density at radius 2 is 1.89 bits per heavy atom. The van der Waals surface area contributed by atoms with Gasteiger partial charge in [-0.15, -0.1) is 0 Å². The third-order valence-electron chi connectivity index (χ3n) is 2.31. The van der Waals surface area contributed by atoms with Crippen LogP contribution in [0.4, 0.5) is 8.78 Å². The van der Waals surface area contributed by atoms with Crippen molar-refractivity contribution in [3.63, 3.8) is 0 Å². The summed E-state index contributed by atoms with van der Waals surface area (Å²) in [6.07, 6.45) is 2.13. The molecule has 0 saturated carbocycles. The van der Waals surface area contributed by atoms with Crippen molar-refractivity contribution in [1.82, 2.24) is 4.98 Å². The summed E-state index contributed by atoms with van der Waals surface area (Å²) >= 11 is 0. The molecule has 18 heavy (non-hydrogen) atoms. The number of benzene rings is 1.